The molecule has 1 aliphatic heterocycles. The molecule has 1 saturated heterocycles. The predicted octanol–water partition coefficient (Wildman–Crippen LogP) is 4.14. The van der Waals surface area contributed by atoms with Crippen LogP contribution in [-0.2, 0) is 0 Å². The van der Waals surface area contributed by atoms with Crippen molar-refractivity contribution in [3.63, 3.8) is 0 Å². The quantitative estimate of drug-likeness (QED) is 0.763. The Labute approximate surface area is 124 Å². The fourth-order valence-corrected chi connectivity index (χ4v) is 3.12. The summed E-state index contributed by atoms with van der Waals surface area (Å²) in [7, 11) is 0. The third kappa shape index (κ3) is 2.19. The minimum atomic E-state index is 0.951. The zero-order valence-corrected chi connectivity index (χ0v) is 12.3. The number of hydrogen-bond acceptors (Lipinski definition) is 2. The minimum absolute atomic E-state index is 0.951. The molecular weight excluding hydrogens is 258 g/mol. The van der Waals surface area contributed by atoms with Crippen molar-refractivity contribution in [1.82, 2.24) is 9.97 Å². The van der Waals surface area contributed by atoms with E-state index in [1.807, 2.05) is 0 Å². The fourth-order valence-electron chi connectivity index (χ4n) is 3.12. The molecule has 106 valence electrons. The summed E-state index contributed by atoms with van der Waals surface area (Å²) in [6.45, 7) is 4.47. The molecule has 0 saturated carbocycles. The van der Waals surface area contributed by atoms with Gasteiger partial charge in [-0.05, 0) is 55.7 Å². The number of imidazole rings is 1. The number of rotatable bonds is 2. The number of anilines is 1. The number of nitrogens with zero attached hydrogens (tertiary/aromatic N) is 2. The van der Waals surface area contributed by atoms with Crippen molar-refractivity contribution in [3.05, 3.63) is 48.0 Å². The van der Waals surface area contributed by atoms with Crippen molar-refractivity contribution in [2.45, 2.75) is 19.8 Å². The van der Waals surface area contributed by atoms with Gasteiger partial charge in [-0.3, -0.25) is 0 Å². The van der Waals surface area contributed by atoms with Crippen LogP contribution in [0.3, 0.4) is 0 Å². The van der Waals surface area contributed by atoms with Gasteiger partial charge in [-0.1, -0.05) is 12.1 Å². The van der Waals surface area contributed by atoms with Crippen LogP contribution in [0.25, 0.3) is 22.4 Å². The highest BCUT2D eigenvalue weighted by atomic mass is 15.1. The summed E-state index contributed by atoms with van der Waals surface area (Å²) in [5.41, 5.74) is 5.85. The van der Waals surface area contributed by atoms with E-state index < -0.39 is 0 Å². The molecule has 1 fully saturated rings. The van der Waals surface area contributed by atoms with Gasteiger partial charge in [0.05, 0.1) is 11.0 Å². The normalized spacial score (nSPS) is 15.0. The zero-order valence-electron chi connectivity index (χ0n) is 12.3. The van der Waals surface area contributed by atoms with Gasteiger partial charge in [0.1, 0.15) is 5.82 Å². The smallest absolute Gasteiger partial charge is 0.138 e. The molecule has 0 spiro atoms. The lowest BCUT2D eigenvalue weighted by molar-refractivity contribution is 0.949. The van der Waals surface area contributed by atoms with Crippen molar-refractivity contribution in [2.75, 3.05) is 18.0 Å². The first-order valence-electron chi connectivity index (χ1n) is 7.62. The van der Waals surface area contributed by atoms with Gasteiger partial charge in [-0.2, -0.15) is 0 Å². The molecule has 0 aliphatic carbocycles. The summed E-state index contributed by atoms with van der Waals surface area (Å²) in [6, 6.07) is 15.0. The number of fused-ring (bicyclic) bond motifs is 1. The Morgan fingerprint density at radius 1 is 1.00 bits per heavy atom. The van der Waals surface area contributed by atoms with Gasteiger partial charge >= 0.3 is 0 Å². The maximum atomic E-state index is 4.74. The van der Waals surface area contributed by atoms with Crippen LogP contribution in [0.2, 0.25) is 0 Å². The Kier molecular flexibility index (Phi) is 2.92. The first kappa shape index (κ1) is 12.5. The lowest BCUT2D eigenvalue weighted by atomic mass is 10.2. The van der Waals surface area contributed by atoms with Crippen LogP contribution in [0.4, 0.5) is 5.69 Å². The van der Waals surface area contributed by atoms with Gasteiger partial charge < -0.3 is 9.88 Å². The molecule has 1 aliphatic rings. The van der Waals surface area contributed by atoms with E-state index in [0.717, 1.165) is 22.4 Å². The maximum absolute atomic E-state index is 4.74. The molecule has 3 nitrogen and oxygen atoms in total. The first-order valence-corrected chi connectivity index (χ1v) is 7.62. The number of nitrogens with one attached hydrogen (secondary N) is 1. The second-order valence-corrected chi connectivity index (χ2v) is 5.80. The van der Waals surface area contributed by atoms with E-state index >= 15 is 0 Å². The summed E-state index contributed by atoms with van der Waals surface area (Å²) in [5, 5.41) is 0. The molecule has 21 heavy (non-hydrogen) atoms. The molecular formula is C18H19N3. The largest absolute Gasteiger partial charge is 0.372 e. The standard InChI is InChI=1S/C18H19N3/c1-13-5-4-6-16-17(13)20-18(19-16)14-7-9-15(10-8-14)21-11-2-3-12-21/h4-10H,2-3,11-12H2,1H3,(H,19,20). The Morgan fingerprint density at radius 3 is 2.48 bits per heavy atom. The highest BCUT2D eigenvalue weighted by molar-refractivity contribution is 5.82. The highest BCUT2D eigenvalue weighted by Gasteiger charge is 2.12. The van der Waals surface area contributed by atoms with E-state index in [9.17, 15) is 0 Å². The maximum Gasteiger partial charge on any atom is 0.138 e. The summed E-state index contributed by atoms with van der Waals surface area (Å²) in [5.74, 6) is 0.951. The predicted molar refractivity (Wildman–Crippen MR) is 87.7 cm³/mol. The van der Waals surface area contributed by atoms with Crippen molar-refractivity contribution >= 4 is 16.7 Å². The molecule has 4 rings (SSSR count). The van der Waals surface area contributed by atoms with Gasteiger partial charge in [-0.25, -0.2) is 4.98 Å². The SMILES string of the molecule is Cc1cccc2[nH]c(-c3ccc(N4CCCC4)cc3)nc12. The molecule has 0 amide bonds. The Balaban J connectivity index is 1.69. The molecule has 3 heteroatoms. The molecule has 2 heterocycles. The average molecular weight is 277 g/mol. The highest BCUT2D eigenvalue weighted by Crippen LogP contribution is 2.26. The monoisotopic (exact) mass is 277 g/mol. The fraction of sp³-hybridized carbons (Fsp3) is 0.278. The molecule has 0 unspecified atom stereocenters. The molecule has 0 atom stereocenters. The molecule has 2 aromatic carbocycles. The molecule has 1 aromatic heterocycles. The van der Waals surface area contributed by atoms with E-state index in [1.165, 1.54) is 37.2 Å². The van der Waals surface area contributed by atoms with Gasteiger partial charge in [-0.15, -0.1) is 0 Å². The summed E-state index contributed by atoms with van der Waals surface area (Å²) in [6.07, 6.45) is 2.62. The van der Waals surface area contributed by atoms with Crippen LogP contribution in [-0.4, -0.2) is 23.1 Å². The number of aryl methyl sites for hydroxylation is 1. The molecule has 0 radical (unpaired) electrons. The van der Waals surface area contributed by atoms with Crippen LogP contribution >= 0.6 is 0 Å². The first-order chi connectivity index (χ1) is 10.3. The average Bonchev–Trinajstić information content (AvgIpc) is 3.18. The van der Waals surface area contributed by atoms with E-state index in [-0.39, 0.29) is 0 Å². The van der Waals surface area contributed by atoms with Crippen LogP contribution < -0.4 is 4.90 Å². The number of H-pyrrole nitrogens is 1. The van der Waals surface area contributed by atoms with Gasteiger partial charge in [0.15, 0.2) is 0 Å². The van der Waals surface area contributed by atoms with Crippen LogP contribution in [0.15, 0.2) is 42.5 Å². The van der Waals surface area contributed by atoms with Crippen molar-refractivity contribution < 1.29 is 0 Å². The van der Waals surface area contributed by atoms with Crippen LogP contribution in [0.5, 0.6) is 0 Å². The van der Waals surface area contributed by atoms with Gasteiger partial charge in [0.2, 0.25) is 0 Å². The van der Waals surface area contributed by atoms with Gasteiger partial charge in [0.25, 0.3) is 0 Å². The molecule has 0 bridgehead atoms. The Morgan fingerprint density at radius 2 is 1.76 bits per heavy atom. The Hall–Kier alpha value is -2.29. The zero-order chi connectivity index (χ0) is 14.2. The Bertz CT molecular complexity index is 765. The minimum Gasteiger partial charge on any atom is -0.372 e. The topological polar surface area (TPSA) is 31.9 Å². The van der Waals surface area contributed by atoms with E-state index in [0.29, 0.717) is 0 Å². The molecule has 3 aromatic rings. The molecule has 1 N–H and O–H groups in total. The third-order valence-electron chi connectivity index (χ3n) is 4.33. The van der Waals surface area contributed by atoms with Crippen molar-refractivity contribution in [3.8, 4) is 11.4 Å². The third-order valence-corrected chi connectivity index (χ3v) is 4.33. The number of hydrogen-bond donors (Lipinski definition) is 1. The summed E-state index contributed by atoms with van der Waals surface area (Å²) in [4.78, 5) is 10.6. The summed E-state index contributed by atoms with van der Waals surface area (Å²) >= 11 is 0. The van der Waals surface area contributed by atoms with Crippen LogP contribution in [0, 0.1) is 6.92 Å². The lowest BCUT2D eigenvalue weighted by Crippen LogP contribution is -2.17. The van der Waals surface area contributed by atoms with E-state index in [1.54, 1.807) is 0 Å². The number of para-hydroxylation sites is 1. The van der Waals surface area contributed by atoms with Crippen LogP contribution in [0.1, 0.15) is 18.4 Å². The number of aromatic nitrogens is 2. The number of aromatic amines is 1. The second kappa shape index (κ2) is 4.92. The summed E-state index contributed by atoms with van der Waals surface area (Å²) < 4.78 is 0. The lowest BCUT2D eigenvalue weighted by Gasteiger charge is -2.17. The van der Waals surface area contributed by atoms with Crippen molar-refractivity contribution in [1.29, 1.82) is 0 Å². The van der Waals surface area contributed by atoms with Crippen molar-refractivity contribution in [2.24, 2.45) is 0 Å². The van der Waals surface area contributed by atoms with E-state index in [4.69, 9.17) is 4.98 Å². The number of benzene rings is 2. The van der Waals surface area contributed by atoms with E-state index in [2.05, 4.69) is 59.3 Å². The van der Waals surface area contributed by atoms with Gasteiger partial charge in [0, 0.05) is 24.3 Å². The second-order valence-electron chi connectivity index (χ2n) is 5.80.